The molecule has 1 aliphatic carbocycles. The SMILES string of the molecule is CCc1c(C)nn(C(C)CC(C)(C#N)NC2CC2)c1C. The van der Waals surface area contributed by atoms with Gasteiger partial charge >= 0.3 is 0 Å². The lowest BCUT2D eigenvalue weighted by Crippen LogP contribution is -2.44. The second-order valence-corrected chi connectivity index (χ2v) is 6.36. The number of nitriles is 1. The maximum atomic E-state index is 9.49. The highest BCUT2D eigenvalue weighted by Gasteiger charge is 2.34. The minimum absolute atomic E-state index is 0.227. The Labute approximate surface area is 122 Å². The molecule has 2 atom stereocenters. The molecule has 0 saturated heterocycles. The van der Waals surface area contributed by atoms with Crippen LogP contribution in [0, 0.1) is 25.2 Å². The fourth-order valence-corrected chi connectivity index (χ4v) is 3.13. The van der Waals surface area contributed by atoms with Gasteiger partial charge in [-0.1, -0.05) is 6.92 Å². The van der Waals surface area contributed by atoms with Crippen LogP contribution in [0.5, 0.6) is 0 Å². The van der Waals surface area contributed by atoms with Crippen LogP contribution < -0.4 is 5.32 Å². The number of nitrogens with zero attached hydrogens (tertiary/aromatic N) is 3. The van der Waals surface area contributed by atoms with Crippen LogP contribution in [0.25, 0.3) is 0 Å². The predicted octanol–water partition coefficient (Wildman–Crippen LogP) is 3.05. The summed E-state index contributed by atoms with van der Waals surface area (Å²) in [6.45, 7) is 10.5. The van der Waals surface area contributed by atoms with Gasteiger partial charge in [-0.15, -0.1) is 0 Å². The third kappa shape index (κ3) is 3.04. The van der Waals surface area contributed by atoms with E-state index in [1.165, 1.54) is 24.1 Å². The van der Waals surface area contributed by atoms with Crippen LogP contribution in [-0.2, 0) is 6.42 Å². The number of hydrogen-bond donors (Lipinski definition) is 1. The lowest BCUT2D eigenvalue weighted by molar-refractivity contribution is 0.327. The summed E-state index contributed by atoms with van der Waals surface area (Å²) in [5, 5.41) is 17.6. The van der Waals surface area contributed by atoms with E-state index in [9.17, 15) is 5.26 Å². The number of rotatable bonds is 6. The van der Waals surface area contributed by atoms with Crippen molar-refractivity contribution < 1.29 is 0 Å². The quantitative estimate of drug-likeness (QED) is 0.867. The summed E-state index contributed by atoms with van der Waals surface area (Å²) in [6, 6.07) is 3.22. The third-order valence-corrected chi connectivity index (χ3v) is 4.30. The van der Waals surface area contributed by atoms with Gasteiger partial charge in [-0.25, -0.2) is 0 Å². The molecule has 0 aliphatic heterocycles. The van der Waals surface area contributed by atoms with E-state index in [-0.39, 0.29) is 6.04 Å². The van der Waals surface area contributed by atoms with Crippen molar-refractivity contribution in [2.45, 2.75) is 77.9 Å². The summed E-state index contributed by atoms with van der Waals surface area (Å²) in [5.41, 5.74) is 3.24. The molecule has 1 heterocycles. The first-order valence-electron chi connectivity index (χ1n) is 7.63. The van der Waals surface area contributed by atoms with Gasteiger partial charge in [0.25, 0.3) is 0 Å². The zero-order valence-corrected chi connectivity index (χ0v) is 13.3. The van der Waals surface area contributed by atoms with Crippen molar-refractivity contribution in [2.24, 2.45) is 0 Å². The van der Waals surface area contributed by atoms with Crippen LogP contribution in [0.4, 0.5) is 0 Å². The van der Waals surface area contributed by atoms with Gasteiger partial charge in [-0.2, -0.15) is 10.4 Å². The first kappa shape index (κ1) is 15.1. The highest BCUT2D eigenvalue weighted by atomic mass is 15.3. The molecule has 1 aliphatic rings. The highest BCUT2D eigenvalue weighted by molar-refractivity contribution is 5.25. The Kier molecular flexibility index (Phi) is 4.19. The van der Waals surface area contributed by atoms with Crippen LogP contribution >= 0.6 is 0 Å². The molecule has 1 N–H and O–H groups in total. The largest absolute Gasteiger partial charge is 0.297 e. The van der Waals surface area contributed by atoms with Crippen molar-refractivity contribution in [2.75, 3.05) is 0 Å². The van der Waals surface area contributed by atoms with E-state index < -0.39 is 5.54 Å². The standard InChI is InChI=1S/C16H26N4/c1-6-15-12(3)19-20(13(15)4)11(2)9-16(5,10-17)18-14-7-8-14/h11,14,18H,6-9H2,1-5H3. The summed E-state index contributed by atoms with van der Waals surface area (Å²) >= 11 is 0. The van der Waals surface area contributed by atoms with Crippen molar-refractivity contribution in [3.63, 3.8) is 0 Å². The molecule has 4 nitrogen and oxygen atoms in total. The van der Waals surface area contributed by atoms with Crippen LogP contribution in [0.15, 0.2) is 0 Å². The fourth-order valence-electron chi connectivity index (χ4n) is 3.13. The van der Waals surface area contributed by atoms with Gasteiger partial charge in [-0.05, 0) is 52.5 Å². The van der Waals surface area contributed by atoms with E-state index in [2.05, 4.69) is 48.9 Å². The first-order valence-corrected chi connectivity index (χ1v) is 7.63. The number of nitrogens with one attached hydrogen (secondary N) is 1. The molecule has 110 valence electrons. The number of aryl methyl sites for hydroxylation is 1. The third-order valence-electron chi connectivity index (χ3n) is 4.30. The fraction of sp³-hybridized carbons (Fsp3) is 0.750. The summed E-state index contributed by atoms with van der Waals surface area (Å²) in [5.74, 6) is 0. The van der Waals surface area contributed by atoms with Gasteiger partial charge in [-0.3, -0.25) is 10.00 Å². The Hall–Kier alpha value is -1.34. The molecule has 1 aromatic rings. The summed E-state index contributed by atoms with van der Waals surface area (Å²) in [6.07, 6.45) is 4.20. The second-order valence-electron chi connectivity index (χ2n) is 6.36. The molecular formula is C16H26N4. The number of aromatic nitrogens is 2. The average Bonchev–Trinajstić information content (AvgIpc) is 3.14. The van der Waals surface area contributed by atoms with Crippen molar-refractivity contribution in [1.29, 1.82) is 5.26 Å². The molecule has 0 bridgehead atoms. The zero-order valence-electron chi connectivity index (χ0n) is 13.3. The van der Waals surface area contributed by atoms with Gasteiger partial charge in [0, 0.05) is 18.2 Å². The van der Waals surface area contributed by atoms with Gasteiger partial charge in [0.05, 0.1) is 17.8 Å². The van der Waals surface area contributed by atoms with Gasteiger partial charge in [0.2, 0.25) is 0 Å². The summed E-state index contributed by atoms with van der Waals surface area (Å²) in [7, 11) is 0. The van der Waals surface area contributed by atoms with E-state index in [0.717, 1.165) is 18.5 Å². The zero-order chi connectivity index (χ0) is 14.9. The van der Waals surface area contributed by atoms with Gasteiger partial charge in [0.15, 0.2) is 0 Å². The normalized spacial score (nSPS) is 19.4. The molecule has 20 heavy (non-hydrogen) atoms. The second kappa shape index (κ2) is 5.57. The predicted molar refractivity (Wildman–Crippen MR) is 80.6 cm³/mol. The van der Waals surface area contributed by atoms with Crippen molar-refractivity contribution in [1.82, 2.24) is 15.1 Å². The molecule has 0 aromatic carbocycles. The molecule has 2 unspecified atom stereocenters. The van der Waals surface area contributed by atoms with Gasteiger partial charge in [0.1, 0.15) is 5.54 Å². The Morgan fingerprint density at radius 2 is 2.15 bits per heavy atom. The van der Waals surface area contributed by atoms with E-state index >= 15 is 0 Å². The molecule has 1 fully saturated rings. The van der Waals surface area contributed by atoms with Crippen molar-refractivity contribution in [3.8, 4) is 6.07 Å². The molecule has 1 aromatic heterocycles. The Morgan fingerprint density at radius 1 is 1.50 bits per heavy atom. The Balaban J connectivity index is 2.14. The van der Waals surface area contributed by atoms with Crippen LogP contribution in [0.2, 0.25) is 0 Å². The van der Waals surface area contributed by atoms with Gasteiger partial charge < -0.3 is 0 Å². The summed E-state index contributed by atoms with van der Waals surface area (Å²) < 4.78 is 2.10. The topological polar surface area (TPSA) is 53.6 Å². The van der Waals surface area contributed by atoms with Crippen LogP contribution in [-0.4, -0.2) is 21.4 Å². The van der Waals surface area contributed by atoms with E-state index in [4.69, 9.17) is 0 Å². The van der Waals surface area contributed by atoms with Crippen LogP contribution in [0.3, 0.4) is 0 Å². The minimum Gasteiger partial charge on any atom is -0.297 e. The first-order chi connectivity index (χ1) is 9.40. The minimum atomic E-state index is -0.459. The van der Waals surface area contributed by atoms with Crippen LogP contribution in [0.1, 0.15) is 63.0 Å². The Morgan fingerprint density at radius 3 is 2.60 bits per heavy atom. The van der Waals surface area contributed by atoms with Crippen molar-refractivity contribution >= 4 is 0 Å². The van der Waals surface area contributed by atoms with E-state index in [1.54, 1.807) is 0 Å². The lowest BCUT2D eigenvalue weighted by atomic mass is 9.95. The molecule has 4 heteroatoms. The molecule has 0 spiro atoms. The lowest BCUT2D eigenvalue weighted by Gasteiger charge is -2.27. The van der Waals surface area contributed by atoms with E-state index in [1.807, 2.05) is 6.92 Å². The van der Waals surface area contributed by atoms with E-state index in [0.29, 0.717) is 6.04 Å². The molecule has 2 rings (SSSR count). The monoisotopic (exact) mass is 274 g/mol. The summed E-state index contributed by atoms with van der Waals surface area (Å²) in [4.78, 5) is 0. The highest BCUT2D eigenvalue weighted by Crippen LogP contribution is 2.28. The maximum Gasteiger partial charge on any atom is 0.106 e. The maximum absolute atomic E-state index is 9.49. The molecule has 0 amide bonds. The molecule has 0 radical (unpaired) electrons. The average molecular weight is 274 g/mol. The molecule has 1 saturated carbocycles. The van der Waals surface area contributed by atoms with Crippen molar-refractivity contribution in [3.05, 3.63) is 17.0 Å². The Bertz CT molecular complexity index is 521. The smallest absolute Gasteiger partial charge is 0.106 e. The number of hydrogen-bond acceptors (Lipinski definition) is 3. The molecular weight excluding hydrogens is 248 g/mol.